The highest BCUT2D eigenvalue weighted by molar-refractivity contribution is 5.76. The number of carbonyl (C=O) groups excluding carboxylic acids is 1. The van der Waals surface area contributed by atoms with E-state index in [0.717, 1.165) is 53.8 Å². The highest BCUT2D eigenvalue weighted by atomic mass is 16.2. The molecule has 0 atom stereocenters. The van der Waals surface area contributed by atoms with E-state index in [1.165, 1.54) is 4.68 Å². The van der Waals surface area contributed by atoms with Crippen molar-refractivity contribution in [1.29, 1.82) is 0 Å². The van der Waals surface area contributed by atoms with Gasteiger partial charge < -0.3 is 10.3 Å². The van der Waals surface area contributed by atoms with Crippen molar-refractivity contribution in [2.75, 3.05) is 6.54 Å². The Morgan fingerprint density at radius 1 is 1.23 bits per heavy atom. The minimum Gasteiger partial charge on any atom is -0.354 e. The third-order valence-electron chi connectivity index (χ3n) is 4.69. The zero-order valence-corrected chi connectivity index (χ0v) is 14.5. The van der Waals surface area contributed by atoms with E-state index in [1.54, 1.807) is 6.07 Å². The maximum absolute atomic E-state index is 12.2. The molecule has 3 aromatic rings. The number of aromatic nitrogens is 4. The maximum Gasteiger partial charge on any atom is 0.267 e. The molecule has 0 saturated heterocycles. The number of H-pyrrole nitrogens is 1. The van der Waals surface area contributed by atoms with E-state index in [1.807, 2.05) is 24.3 Å². The summed E-state index contributed by atoms with van der Waals surface area (Å²) in [7, 11) is 0. The van der Waals surface area contributed by atoms with Crippen LogP contribution in [0.15, 0.2) is 35.1 Å². The van der Waals surface area contributed by atoms with E-state index in [9.17, 15) is 9.59 Å². The van der Waals surface area contributed by atoms with Crippen molar-refractivity contribution in [3.05, 3.63) is 57.8 Å². The first kappa shape index (κ1) is 16.5. The van der Waals surface area contributed by atoms with E-state index in [0.29, 0.717) is 13.0 Å². The third-order valence-corrected chi connectivity index (χ3v) is 4.69. The van der Waals surface area contributed by atoms with Gasteiger partial charge in [0.15, 0.2) is 0 Å². The van der Waals surface area contributed by atoms with Crippen molar-refractivity contribution in [2.24, 2.45) is 0 Å². The van der Waals surface area contributed by atoms with Gasteiger partial charge in [0.05, 0.1) is 16.7 Å². The summed E-state index contributed by atoms with van der Waals surface area (Å²) in [6, 6.07) is 9.44. The van der Waals surface area contributed by atoms with Crippen molar-refractivity contribution in [3.8, 4) is 0 Å². The summed E-state index contributed by atoms with van der Waals surface area (Å²) >= 11 is 0. The first-order valence-electron chi connectivity index (χ1n) is 8.99. The Morgan fingerprint density at radius 2 is 2.08 bits per heavy atom. The molecule has 7 nitrogen and oxygen atoms in total. The van der Waals surface area contributed by atoms with Crippen molar-refractivity contribution in [3.63, 3.8) is 0 Å². The number of nitrogens with one attached hydrogen (secondary N) is 2. The van der Waals surface area contributed by atoms with Crippen LogP contribution >= 0.6 is 0 Å². The first-order valence-corrected chi connectivity index (χ1v) is 8.99. The van der Waals surface area contributed by atoms with Crippen LogP contribution in [-0.2, 0) is 30.6 Å². The number of aromatic amines is 1. The SMILES string of the molecule is O=C(Cn1nc2c(cc1=O)CCCC2)NCCc1nc2ccccc2[nH]1. The van der Waals surface area contributed by atoms with Gasteiger partial charge in [0.2, 0.25) is 5.91 Å². The molecule has 1 amide bonds. The second-order valence-electron chi connectivity index (χ2n) is 6.62. The Hall–Kier alpha value is -2.96. The maximum atomic E-state index is 12.2. The zero-order valence-electron chi connectivity index (χ0n) is 14.5. The molecule has 26 heavy (non-hydrogen) atoms. The largest absolute Gasteiger partial charge is 0.354 e. The Bertz CT molecular complexity index is 972. The molecular weight excluding hydrogens is 330 g/mol. The monoisotopic (exact) mass is 351 g/mol. The van der Waals surface area contributed by atoms with Crippen LogP contribution in [0.3, 0.4) is 0 Å². The molecular formula is C19H21N5O2. The number of para-hydroxylation sites is 2. The van der Waals surface area contributed by atoms with E-state index in [2.05, 4.69) is 20.4 Å². The average molecular weight is 351 g/mol. The number of amides is 1. The topological polar surface area (TPSA) is 92.7 Å². The van der Waals surface area contributed by atoms with Crippen LogP contribution in [-0.4, -0.2) is 32.2 Å². The summed E-state index contributed by atoms with van der Waals surface area (Å²) in [5.41, 5.74) is 3.67. The quantitative estimate of drug-likeness (QED) is 0.726. The predicted molar refractivity (Wildman–Crippen MR) is 97.9 cm³/mol. The minimum absolute atomic E-state index is 0.0494. The Balaban J connectivity index is 1.34. The molecule has 0 aliphatic heterocycles. The van der Waals surface area contributed by atoms with Gasteiger partial charge >= 0.3 is 0 Å². The molecule has 0 spiro atoms. The molecule has 0 unspecified atom stereocenters. The van der Waals surface area contributed by atoms with E-state index in [4.69, 9.17) is 0 Å². The van der Waals surface area contributed by atoms with Crippen LogP contribution in [0.1, 0.15) is 29.9 Å². The van der Waals surface area contributed by atoms with Crippen LogP contribution in [0.4, 0.5) is 0 Å². The van der Waals surface area contributed by atoms with Gasteiger partial charge in [0, 0.05) is 19.0 Å². The van der Waals surface area contributed by atoms with Crippen LogP contribution in [0.25, 0.3) is 11.0 Å². The van der Waals surface area contributed by atoms with Gasteiger partial charge in [-0.25, -0.2) is 9.67 Å². The van der Waals surface area contributed by atoms with Gasteiger partial charge in [-0.1, -0.05) is 12.1 Å². The van der Waals surface area contributed by atoms with E-state index < -0.39 is 0 Å². The fourth-order valence-electron chi connectivity index (χ4n) is 3.35. The fraction of sp³-hybridized carbons (Fsp3) is 0.368. The van der Waals surface area contributed by atoms with Gasteiger partial charge in [0.25, 0.3) is 5.56 Å². The summed E-state index contributed by atoms with van der Waals surface area (Å²) in [5.74, 6) is 0.613. The zero-order chi connectivity index (χ0) is 17.9. The van der Waals surface area contributed by atoms with Crippen LogP contribution in [0.5, 0.6) is 0 Å². The molecule has 4 rings (SSSR count). The molecule has 1 aliphatic rings. The van der Waals surface area contributed by atoms with Gasteiger partial charge in [-0.2, -0.15) is 5.10 Å². The lowest BCUT2D eigenvalue weighted by Gasteiger charge is -2.15. The number of nitrogens with zero attached hydrogens (tertiary/aromatic N) is 3. The number of fused-ring (bicyclic) bond motifs is 2. The van der Waals surface area contributed by atoms with E-state index in [-0.39, 0.29) is 18.0 Å². The lowest BCUT2D eigenvalue weighted by molar-refractivity contribution is -0.121. The summed E-state index contributed by atoms with van der Waals surface area (Å²) in [4.78, 5) is 32.0. The lowest BCUT2D eigenvalue weighted by Crippen LogP contribution is -2.35. The second kappa shape index (κ2) is 7.11. The molecule has 1 aromatic carbocycles. The van der Waals surface area contributed by atoms with E-state index >= 15 is 0 Å². The Kier molecular flexibility index (Phi) is 4.51. The smallest absolute Gasteiger partial charge is 0.267 e. The van der Waals surface area contributed by atoms with Crippen LogP contribution < -0.4 is 10.9 Å². The number of carbonyl (C=O) groups is 1. The molecule has 1 aliphatic carbocycles. The number of rotatable bonds is 5. The van der Waals surface area contributed by atoms with Crippen molar-refractivity contribution >= 4 is 16.9 Å². The van der Waals surface area contributed by atoms with Gasteiger partial charge in [0.1, 0.15) is 12.4 Å². The number of benzene rings is 1. The van der Waals surface area contributed by atoms with Gasteiger partial charge in [-0.3, -0.25) is 9.59 Å². The highest BCUT2D eigenvalue weighted by Gasteiger charge is 2.14. The Labute approximate surface area is 150 Å². The molecule has 2 N–H and O–H groups in total. The Morgan fingerprint density at radius 3 is 2.96 bits per heavy atom. The third kappa shape index (κ3) is 3.51. The predicted octanol–water partition coefficient (Wildman–Crippen LogP) is 1.36. The van der Waals surface area contributed by atoms with Crippen molar-refractivity contribution < 1.29 is 4.79 Å². The molecule has 2 heterocycles. The number of aryl methyl sites for hydroxylation is 2. The van der Waals surface area contributed by atoms with Crippen LogP contribution in [0.2, 0.25) is 0 Å². The summed E-state index contributed by atoms with van der Waals surface area (Å²) in [5, 5.41) is 7.21. The van der Waals surface area contributed by atoms with Crippen LogP contribution in [0, 0.1) is 0 Å². The molecule has 134 valence electrons. The highest BCUT2D eigenvalue weighted by Crippen LogP contribution is 2.16. The average Bonchev–Trinajstić information content (AvgIpc) is 3.05. The molecule has 0 saturated carbocycles. The molecule has 0 bridgehead atoms. The molecule has 2 aromatic heterocycles. The molecule has 0 radical (unpaired) electrons. The summed E-state index contributed by atoms with van der Waals surface area (Å²) in [6.45, 7) is 0.407. The lowest BCUT2D eigenvalue weighted by atomic mass is 9.97. The molecule has 0 fully saturated rings. The van der Waals surface area contributed by atoms with Gasteiger partial charge in [-0.05, 0) is 43.4 Å². The second-order valence-corrected chi connectivity index (χ2v) is 6.62. The molecule has 7 heteroatoms. The van der Waals surface area contributed by atoms with Crippen molar-refractivity contribution in [2.45, 2.75) is 38.6 Å². The summed E-state index contributed by atoms with van der Waals surface area (Å²) < 4.78 is 1.26. The number of imidazole rings is 1. The number of hydrogen-bond acceptors (Lipinski definition) is 4. The standard InChI is InChI=1S/C19H21N5O2/c25-18(12-24-19(26)11-13-5-1-2-6-14(13)23-24)20-10-9-17-21-15-7-3-4-8-16(15)22-17/h3-4,7-8,11H,1-2,5-6,9-10,12H2,(H,20,25)(H,21,22). The first-order chi connectivity index (χ1) is 12.7. The summed E-state index contributed by atoms with van der Waals surface area (Å²) in [6.07, 6.45) is 4.57. The number of hydrogen-bond donors (Lipinski definition) is 2. The normalized spacial score (nSPS) is 13.5. The van der Waals surface area contributed by atoms with Gasteiger partial charge in [-0.15, -0.1) is 0 Å². The van der Waals surface area contributed by atoms with Crippen molar-refractivity contribution in [1.82, 2.24) is 25.1 Å². The fourth-order valence-corrected chi connectivity index (χ4v) is 3.35. The minimum atomic E-state index is -0.216.